The second-order valence-corrected chi connectivity index (χ2v) is 5.69. The maximum atomic E-state index is 5.94. The average Bonchev–Trinajstić information content (AvgIpc) is 2.26. The molecule has 0 aromatic rings. The fraction of sp³-hybridized carbons (Fsp3) is 1.00. The number of nitrogens with zero attached hydrogens (tertiary/aromatic N) is 1. The van der Waals surface area contributed by atoms with Gasteiger partial charge >= 0.3 is 0 Å². The summed E-state index contributed by atoms with van der Waals surface area (Å²) in [6, 6.07) is 1.25. The lowest BCUT2D eigenvalue weighted by atomic mass is 9.99. The number of alkyl halides is 1. The number of nitrogens with one attached hydrogen (secondary N) is 1. The van der Waals surface area contributed by atoms with E-state index in [2.05, 4.69) is 31.1 Å². The van der Waals surface area contributed by atoms with Gasteiger partial charge in [0.1, 0.15) is 0 Å². The van der Waals surface area contributed by atoms with E-state index in [4.69, 9.17) is 11.6 Å². The molecule has 2 unspecified atom stereocenters. The van der Waals surface area contributed by atoms with Crippen LogP contribution in [-0.2, 0) is 0 Å². The molecule has 0 bridgehead atoms. The molecule has 0 radical (unpaired) electrons. The molecule has 1 aliphatic rings. The summed E-state index contributed by atoms with van der Waals surface area (Å²) < 4.78 is 0. The molecule has 0 aromatic heterocycles. The molecule has 0 aliphatic carbocycles. The normalized spacial score (nSPS) is 24.9. The van der Waals surface area contributed by atoms with Gasteiger partial charge in [0.2, 0.25) is 0 Å². The zero-order valence-electron chi connectivity index (χ0n) is 11.0. The van der Waals surface area contributed by atoms with Crippen LogP contribution in [0.4, 0.5) is 0 Å². The van der Waals surface area contributed by atoms with Crippen molar-refractivity contribution in [2.45, 2.75) is 51.6 Å². The molecule has 96 valence electrons. The summed E-state index contributed by atoms with van der Waals surface area (Å²) in [5.41, 5.74) is 0. The van der Waals surface area contributed by atoms with Gasteiger partial charge in [0.05, 0.1) is 0 Å². The third-order valence-corrected chi connectivity index (χ3v) is 4.11. The molecule has 16 heavy (non-hydrogen) atoms. The molecule has 3 heteroatoms. The van der Waals surface area contributed by atoms with Crippen LogP contribution >= 0.6 is 11.6 Å². The largest absolute Gasteiger partial charge is 0.312 e. The maximum Gasteiger partial charge on any atom is 0.0379 e. The van der Waals surface area contributed by atoms with Gasteiger partial charge in [0.25, 0.3) is 0 Å². The Kier molecular flexibility index (Phi) is 6.71. The molecule has 1 heterocycles. The summed E-state index contributed by atoms with van der Waals surface area (Å²) in [5, 5.41) is 3.58. The van der Waals surface area contributed by atoms with Gasteiger partial charge in [-0.25, -0.2) is 0 Å². The van der Waals surface area contributed by atoms with Crippen LogP contribution in [0.2, 0.25) is 0 Å². The van der Waals surface area contributed by atoms with Crippen LogP contribution in [0.15, 0.2) is 0 Å². The van der Waals surface area contributed by atoms with Gasteiger partial charge in [-0.3, -0.25) is 0 Å². The first-order valence-corrected chi connectivity index (χ1v) is 7.18. The molecule has 0 saturated carbocycles. The van der Waals surface area contributed by atoms with Gasteiger partial charge in [-0.15, -0.1) is 11.6 Å². The monoisotopic (exact) mass is 246 g/mol. The lowest BCUT2D eigenvalue weighted by molar-refractivity contribution is 0.174. The van der Waals surface area contributed by atoms with E-state index in [1.807, 2.05) is 0 Å². The van der Waals surface area contributed by atoms with Crippen molar-refractivity contribution in [2.24, 2.45) is 5.92 Å². The molecular formula is C13H27ClN2. The SMILES string of the molecule is CC(C)C(CCl)NCCC1CCCCN1C. The molecule has 0 amide bonds. The van der Waals surface area contributed by atoms with Crippen molar-refractivity contribution in [3.8, 4) is 0 Å². The second kappa shape index (κ2) is 7.52. The van der Waals surface area contributed by atoms with E-state index in [0.29, 0.717) is 12.0 Å². The highest BCUT2D eigenvalue weighted by Crippen LogP contribution is 2.17. The van der Waals surface area contributed by atoms with Gasteiger partial charge < -0.3 is 10.2 Å². The van der Waals surface area contributed by atoms with Crippen molar-refractivity contribution in [3.05, 3.63) is 0 Å². The number of piperidine rings is 1. The van der Waals surface area contributed by atoms with Crippen LogP contribution in [0.25, 0.3) is 0 Å². The van der Waals surface area contributed by atoms with Gasteiger partial charge in [0.15, 0.2) is 0 Å². The average molecular weight is 247 g/mol. The Morgan fingerprint density at radius 1 is 1.38 bits per heavy atom. The molecule has 1 N–H and O–H groups in total. The van der Waals surface area contributed by atoms with E-state index in [0.717, 1.165) is 18.5 Å². The minimum absolute atomic E-state index is 0.468. The number of hydrogen-bond donors (Lipinski definition) is 1. The lowest BCUT2D eigenvalue weighted by Gasteiger charge is -2.33. The summed E-state index contributed by atoms with van der Waals surface area (Å²) >= 11 is 5.94. The fourth-order valence-electron chi connectivity index (χ4n) is 2.41. The zero-order valence-corrected chi connectivity index (χ0v) is 11.8. The minimum atomic E-state index is 0.468. The van der Waals surface area contributed by atoms with Crippen molar-refractivity contribution in [1.82, 2.24) is 10.2 Å². The van der Waals surface area contributed by atoms with Gasteiger partial charge in [-0.05, 0) is 45.3 Å². The molecule has 1 aliphatic heterocycles. The van der Waals surface area contributed by atoms with Crippen LogP contribution in [0.5, 0.6) is 0 Å². The van der Waals surface area contributed by atoms with Crippen LogP contribution < -0.4 is 5.32 Å². The first kappa shape index (κ1) is 14.3. The van der Waals surface area contributed by atoms with Crippen molar-refractivity contribution >= 4 is 11.6 Å². The van der Waals surface area contributed by atoms with Gasteiger partial charge in [-0.2, -0.15) is 0 Å². The summed E-state index contributed by atoms with van der Waals surface area (Å²) in [5.74, 6) is 1.35. The highest BCUT2D eigenvalue weighted by molar-refractivity contribution is 6.18. The van der Waals surface area contributed by atoms with Gasteiger partial charge in [0, 0.05) is 18.0 Å². The van der Waals surface area contributed by atoms with Crippen LogP contribution in [0.1, 0.15) is 39.5 Å². The van der Waals surface area contributed by atoms with Crippen molar-refractivity contribution in [3.63, 3.8) is 0 Å². The molecule has 1 fully saturated rings. The molecule has 1 rings (SSSR count). The number of likely N-dealkylation sites (tertiary alicyclic amines) is 1. The highest BCUT2D eigenvalue weighted by atomic mass is 35.5. The lowest BCUT2D eigenvalue weighted by Crippen LogP contribution is -2.41. The third-order valence-electron chi connectivity index (χ3n) is 3.78. The third kappa shape index (κ3) is 4.60. The molecule has 2 atom stereocenters. The zero-order chi connectivity index (χ0) is 12.0. The fourth-order valence-corrected chi connectivity index (χ4v) is 2.88. The Balaban J connectivity index is 2.18. The smallest absolute Gasteiger partial charge is 0.0379 e. The second-order valence-electron chi connectivity index (χ2n) is 5.38. The Morgan fingerprint density at radius 2 is 2.12 bits per heavy atom. The molecular weight excluding hydrogens is 220 g/mol. The summed E-state index contributed by atoms with van der Waals surface area (Å²) in [4.78, 5) is 2.51. The molecule has 1 saturated heterocycles. The maximum absolute atomic E-state index is 5.94. The molecule has 0 aromatic carbocycles. The van der Waals surface area contributed by atoms with Crippen LogP contribution in [0, 0.1) is 5.92 Å². The predicted octanol–water partition coefficient (Wildman–Crippen LogP) is 2.71. The predicted molar refractivity (Wildman–Crippen MR) is 72.2 cm³/mol. The van der Waals surface area contributed by atoms with E-state index >= 15 is 0 Å². The summed E-state index contributed by atoms with van der Waals surface area (Å²) in [6.07, 6.45) is 5.40. The Bertz CT molecular complexity index is 185. The number of hydrogen-bond acceptors (Lipinski definition) is 2. The first-order chi connectivity index (χ1) is 7.65. The minimum Gasteiger partial charge on any atom is -0.312 e. The van der Waals surface area contributed by atoms with Crippen molar-refractivity contribution in [2.75, 3.05) is 26.0 Å². The summed E-state index contributed by atoms with van der Waals surface area (Å²) in [6.45, 7) is 6.83. The van der Waals surface area contributed by atoms with E-state index in [1.54, 1.807) is 0 Å². The van der Waals surface area contributed by atoms with Crippen molar-refractivity contribution in [1.29, 1.82) is 0 Å². The van der Waals surface area contributed by atoms with Gasteiger partial charge in [-0.1, -0.05) is 20.3 Å². The Morgan fingerprint density at radius 3 is 2.69 bits per heavy atom. The van der Waals surface area contributed by atoms with Crippen molar-refractivity contribution < 1.29 is 0 Å². The van der Waals surface area contributed by atoms with Crippen LogP contribution in [-0.4, -0.2) is 43.0 Å². The Hall–Kier alpha value is 0.210. The van der Waals surface area contributed by atoms with E-state index in [9.17, 15) is 0 Å². The standard InChI is InChI=1S/C13H27ClN2/c1-11(2)13(10-14)15-8-7-12-6-4-5-9-16(12)3/h11-13,15H,4-10H2,1-3H3. The van der Waals surface area contributed by atoms with Crippen LogP contribution in [0.3, 0.4) is 0 Å². The highest BCUT2D eigenvalue weighted by Gasteiger charge is 2.19. The quantitative estimate of drug-likeness (QED) is 0.725. The van der Waals surface area contributed by atoms with E-state index < -0.39 is 0 Å². The molecule has 0 spiro atoms. The van der Waals surface area contributed by atoms with E-state index in [1.165, 1.54) is 32.2 Å². The number of halogens is 1. The molecule has 2 nitrogen and oxygen atoms in total. The Labute approximate surface area is 106 Å². The van der Waals surface area contributed by atoms with E-state index in [-0.39, 0.29) is 0 Å². The number of rotatable bonds is 6. The summed E-state index contributed by atoms with van der Waals surface area (Å²) in [7, 11) is 2.26. The first-order valence-electron chi connectivity index (χ1n) is 6.64. The topological polar surface area (TPSA) is 15.3 Å².